The number of hydrogen-bond acceptors (Lipinski definition) is 3. The SMILES string of the molecule is CN(C)c1ccc(C=Nc2ccc(C3=Nc4ccc[c-]c4C3)cc2)cc1.[W+2]. The third-order valence-corrected chi connectivity index (χ3v) is 4.49. The smallest absolute Gasteiger partial charge is 0.378 e. The van der Waals surface area contributed by atoms with Gasteiger partial charge < -0.3 is 9.89 Å². The molecule has 27 heavy (non-hydrogen) atoms. The molecule has 0 atom stereocenters. The van der Waals surface area contributed by atoms with Crippen LogP contribution in [0.5, 0.6) is 0 Å². The minimum atomic E-state index is 0. The predicted octanol–water partition coefficient (Wildman–Crippen LogP) is 4.98. The van der Waals surface area contributed by atoms with E-state index >= 15 is 0 Å². The van der Waals surface area contributed by atoms with Gasteiger partial charge in [-0.15, -0.1) is 11.6 Å². The molecule has 4 heteroatoms. The second-order valence-corrected chi connectivity index (χ2v) is 6.56. The van der Waals surface area contributed by atoms with Crippen LogP contribution in [0.2, 0.25) is 0 Å². The fourth-order valence-corrected chi connectivity index (χ4v) is 2.98. The van der Waals surface area contributed by atoms with Crippen LogP contribution in [-0.4, -0.2) is 26.0 Å². The minimum Gasteiger partial charge on any atom is -0.378 e. The van der Waals surface area contributed by atoms with Gasteiger partial charge in [0, 0.05) is 31.7 Å². The fraction of sp³-hybridized carbons (Fsp3) is 0.130. The van der Waals surface area contributed by atoms with Crippen molar-refractivity contribution in [3.63, 3.8) is 0 Å². The third kappa shape index (κ3) is 4.43. The van der Waals surface area contributed by atoms with E-state index in [1.165, 1.54) is 11.3 Å². The van der Waals surface area contributed by atoms with Crippen LogP contribution in [0.25, 0.3) is 0 Å². The van der Waals surface area contributed by atoms with Gasteiger partial charge >= 0.3 is 21.1 Å². The molecule has 0 N–H and O–H groups in total. The summed E-state index contributed by atoms with van der Waals surface area (Å²) in [7, 11) is 4.08. The number of hydrogen-bond donors (Lipinski definition) is 0. The molecule has 0 unspecified atom stereocenters. The first-order valence-corrected chi connectivity index (χ1v) is 8.68. The quantitative estimate of drug-likeness (QED) is 0.351. The Kier molecular flexibility index (Phi) is 6.03. The van der Waals surface area contributed by atoms with Gasteiger partial charge in [-0.1, -0.05) is 24.3 Å². The molecule has 0 aliphatic carbocycles. The molecule has 0 saturated carbocycles. The molecule has 1 heterocycles. The van der Waals surface area contributed by atoms with E-state index < -0.39 is 0 Å². The Morgan fingerprint density at radius 3 is 2.41 bits per heavy atom. The largest absolute Gasteiger partial charge is 2.00 e. The van der Waals surface area contributed by atoms with E-state index in [0.29, 0.717) is 0 Å². The van der Waals surface area contributed by atoms with Gasteiger partial charge in [0.05, 0.1) is 5.69 Å². The van der Waals surface area contributed by atoms with Gasteiger partial charge in [-0.25, -0.2) is 0 Å². The number of fused-ring (bicyclic) bond motifs is 1. The van der Waals surface area contributed by atoms with E-state index in [0.717, 1.165) is 34.6 Å². The Labute approximate surface area is 174 Å². The maximum absolute atomic E-state index is 4.71. The van der Waals surface area contributed by atoms with Crippen molar-refractivity contribution < 1.29 is 21.1 Å². The molecule has 0 fully saturated rings. The summed E-state index contributed by atoms with van der Waals surface area (Å²) in [6.07, 6.45) is 2.74. The van der Waals surface area contributed by atoms with Crippen LogP contribution in [0.1, 0.15) is 16.7 Å². The Morgan fingerprint density at radius 1 is 1.00 bits per heavy atom. The van der Waals surface area contributed by atoms with E-state index in [9.17, 15) is 0 Å². The molecule has 3 nitrogen and oxygen atoms in total. The van der Waals surface area contributed by atoms with E-state index in [-0.39, 0.29) is 21.1 Å². The number of benzene rings is 3. The van der Waals surface area contributed by atoms with Crippen LogP contribution in [0.4, 0.5) is 17.1 Å². The second-order valence-electron chi connectivity index (χ2n) is 6.56. The molecule has 4 rings (SSSR count). The van der Waals surface area contributed by atoms with Crippen molar-refractivity contribution in [2.75, 3.05) is 19.0 Å². The zero-order chi connectivity index (χ0) is 17.9. The van der Waals surface area contributed by atoms with Gasteiger partial charge in [-0.2, -0.15) is 18.2 Å². The molecule has 0 spiro atoms. The molecule has 1 aliphatic heterocycles. The van der Waals surface area contributed by atoms with E-state index in [1.54, 1.807) is 0 Å². The van der Waals surface area contributed by atoms with Gasteiger partial charge in [0.1, 0.15) is 0 Å². The van der Waals surface area contributed by atoms with E-state index in [1.807, 2.05) is 50.6 Å². The number of nitrogens with zero attached hydrogens (tertiary/aromatic N) is 3. The van der Waals surface area contributed by atoms with E-state index in [2.05, 4.69) is 52.4 Å². The molecular weight excluding hydrogens is 502 g/mol. The number of rotatable bonds is 4. The first kappa shape index (κ1) is 19.3. The predicted molar refractivity (Wildman–Crippen MR) is 110 cm³/mol. The molecule has 0 radical (unpaired) electrons. The summed E-state index contributed by atoms with van der Waals surface area (Å²) in [5.74, 6) is 0. The molecule has 3 aromatic rings. The Morgan fingerprint density at radius 2 is 1.74 bits per heavy atom. The third-order valence-electron chi connectivity index (χ3n) is 4.49. The average Bonchev–Trinajstić information content (AvgIpc) is 3.11. The van der Waals surface area contributed by atoms with Crippen LogP contribution < -0.4 is 4.90 Å². The van der Waals surface area contributed by atoms with Crippen LogP contribution in [0, 0.1) is 6.07 Å². The van der Waals surface area contributed by atoms with Crippen molar-refractivity contribution in [2.24, 2.45) is 9.98 Å². The van der Waals surface area contributed by atoms with Crippen molar-refractivity contribution in [3.8, 4) is 0 Å². The topological polar surface area (TPSA) is 28.0 Å². The van der Waals surface area contributed by atoms with Gasteiger partial charge in [-0.05, 0) is 47.5 Å². The maximum Gasteiger partial charge on any atom is 2.00 e. The first-order valence-electron chi connectivity index (χ1n) is 8.68. The summed E-state index contributed by atoms with van der Waals surface area (Å²) in [5, 5.41) is 0. The number of aliphatic imine (C=N–C) groups is 2. The van der Waals surface area contributed by atoms with Crippen molar-refractivity contribution in [1.82, 2.24) is 0 Å². The van der Waals surface area contributed by atoms with Crippen LogP contribution in [0.3, 0.4) is 0 Å². The zero-order valence-electron chi connectivity index (χ0n) is 15.4. The van der Waals surface area contributed by atoms with Crippen LogP contribution >= 0.6 is 0 Å². The summed E-state index contributed by atoms with van der Waals surface area (Å²) >= 11 is 0. The minimum absolute atomic E-state index is 0. The van der Waals surface area contributed by atoms with Gasteiger partial charge in [0.25, 0.3) is 0 Å². The monoisotopic (exact) mass is 522 g/mol. The molecule has 0 amide bonds. The maximum atomic E-state index is 4.71. The van der Waals surface area contributed by atoms with E-state index in [4.69, 9.17) is 4.99 Å². The Bertz CT molecular complexity index is 971. The summed E-state index contributed by atoms with van der Waals surface area (Å²) in [4.78, 5) is 11.4. The Balaban J connectivity index is 0.00000210. The molecule has 0 saturated heterocycles. The summed E-state index contributed by atoms with van der Waals surface area (Å²) < 4.78 is 0. The summed E-state index contributed by atoms with van der Waals surface area (Å²) in [5.41, 5.74) is 7.65. The van der Waals surface area contributed by atoms with Gasteiger partial charge in [0.2, 0.25) is 0 Å². The van der Waals surface area contributed by atoms with Crippen LogP contribution in [-0.2, 0) is 27.5 Å². The van der Waals surface area contributed by atoms with Crippen molar-refractivity contribution in [2.45, 2.75) is 6.42 Å². The zero-order valence-corrected chi connectivity index (χ0v) is 18.3. The molecule has 1 aliphatic rings. The first-order chi connectivity index (χ1) is 12.7. The summed E-state index contributed by atoms with van der Waals surface area (Å²) in [6, 6.07) is 25.8. The molecular formula is C23H20N3W+. The molecule has 0 aromatic heterocycles. The van der Waals surface area contributed by atoms with Crippen molar-refractivity contribution in [3.05, 3.63) is 89.5 Å². The normalized spacial score (nSPS) is 12.4. The standard InChI is InChI=1S/C23H20N3.W/c1-26(2)21-13-7-17(8-14-21)16-24-20-11-9-18(10-12-20)23-15-19-5-3-4-6-22(19)25-23;/h3-4,6-14,16H,15H2,1-2H3;/q-1;+2. The molecule has 0 bridgehead atoms. The van der Waals surface area contributed by atoms with Crippen LogP contribution in [0.15, 0.2) is 76.7 Å². The fourth-order valence-electron chi connectivity index (χ4n) is 2.98. The summed E-state index contributed by atoms with van der Waals surface area (Å²) in [6.45, 7) is 0. The van der Waals surface area contributed by atoms with Crippen molar-refractivity contribution in [1.29, 1.82) is 0 Å². The van der Waals surface area contributed by atoms with Gasteiger partial charge in [-0.3, -0.25) is 4.99 Å². The molecule has 132 valence electrons. The number of anilines is 1. The van der Waals surface area contributed by atoms with Crippen molar-refractivity contribution >= 4 is 29.0 Å². The molecule has 3 aromatic carbocycles. The second kappa shape index (κ2) is 8.45. The Hall–Kier alpha value is -2.51. The average molecular weight is 522 g/mol. The van der Waals surface area contributed by atoms with Gasteiger partial charge in [0.15, 0.2) is 0 Å².